The number of carbonyl (C=O) groups excluding carboxylic acids is 1. The fourth-order valence-corrected chi connectivity index (χ4v) is 7.40. The van der Waals surface area contributed by atoms with Crippen LogP contribution in [0.15, 0.2) is 29.2 Å². The lowest BCUT2D eigenvalue weighted by Gasteiger charge is -2.59. The number of hydrogen-bond acceptors (Lipinski definition) is 3. The van der Waals surface area contributed by atoms with E-state index in [0.29, 0.717) is 5.69 Å². The molecule has 26 heavy (non-hydrogen) atoms. The molecular formula is C20H28N2O3S. The molecule has 0 aliphatic heterocycles. The van der Waals surface area contributed by atoms with Crippen molar-refractivity contribution < 1.29 is 13.2 Å². The standard InChI is InChI=1S/C20H28N2O3S/c1-13(20-10-15-7-16(11-20)9-17(8-15)12-20)22-26(24,25)19-5-3-18(4-6-19)21-14(2)23/h3-6,13,15-17,22H,7-12H2,1-2H3,(H,21,23)/t13-,15?,16?,17?,20?/m0/s1. The Balaban J connectivity index is 1.50. The van der Waals surface area contributed by atoms with Crippen LogP contribution in [0.2, 0.25) is 0 Å². The van der Waals surface area contributed by atoms with Gasteiger partial charge in [-0.25, -0.2) is 13.1 Å². The summed E-state index contributed by atoms with van der Waals surface area (Å²) in [6, 6.07) is 6.33. The summed E-state index contributed by atoms with van der Waals surface area (Å²) >= 11 is 0. The van der Waals surface area contributed by atoms with Crippen molar-refractivity contribution in [3.63, 3.8) is 0 Å². The fourth-order valence-electron chi connectivity index (χ4n) is 6.05. The highest BCUT2D eigenvalue weighted by molar-refractivity contribution is 7.89. The first-order valence-electron chi connectivity index (χ1n) is 9.66. The average Bonchev–Trinajstić information content (AvgIpc) is 2.53. The Labute approximate surface area is 156 Å². The van der Waals surface area contributed by atoms with Gasteiger partial charge in [-0.2, -0.15) is 0 Å². The minimum atomic E-state index is -3.56. The van der Waals surface area contributed by atoms with Gasteiger partial charge in [0, 0.05) is 18.7 Å². The minimum Gasteiger partial charge on any atom is -0.326 e. The first-order chi connectivity index (χ1) is 12.3. The molecule has 4 aliphatic carbocycles. The number of carbonyl (C=O) groups is 1. The van der Waals surface area contributed by atoms with Crippen LogP contribution in [0.4, 0.5) is 5.69 Å². The first kappa shape index (κ1) is 18.0. The second-order valence-electron chi connectivity index (χ2n) is 8.83. The molecule has 0 saturated heterocycles. The zero-order chi connectivity index (χ0) is 18.5. The van der Waals surface area contributed by atoms with E-state index in [0.717, 1.165) is 17.8 Å². The smallest absolute Gasteiger partial charge is 0.240 e. The first-order valence-corrected chi connectivity index (χ1v) is 11.1. The van der Waals surface area contributed by atoms with Gasteiger partial charge in [0.15, 0.2) is 0 Å². The summed E-state index contributed by atoms with van der Waals surface area (Å²) < 4.78 is 28.7. The van der Waals surface area contributed by atoms with Crippen LogP contribution in [0.3, 0.4) is 0 Å². The Bertz CT molecular complexity index is 766. The second-order valence-corrected chi connectivity index (χ2v) is 10.5. The fraction of sp³-hybridized carbons (Fsp3) is 0.650. The quantitative estimate of drug-likeness (QED) is 0.825. The van der Waals surface area contributed by atoms with Crippen molar-refractivity contribution >= 4 is 21.6 Å². The van der Waals surface area contributed by atoms with E-state index in [1.165, 1.54) is 45.4 Å². The number of hydrogen-bond donors (Lipinski definition) is 2. The summed E-state index contributed by atoms with van der Waals surface area (Å²) in [4.78, 5) is 11.4. The van der Waals surface area contributed by atoms with E-state index in [1.807, 2.05) is 0 Å². The van der Waals surface area contributed by atoms with Crippen molar-refractivity contribution in [2.45, 2.75) is 63.3 Å². The number of nitrogens with one attached hydrogen (secondary N) is 2. The molecule has 1 amide bonds. The number of amides is 1. The molecule has 2 N–H and O–H groups in total. The lowest BCUT2D eigenvalue weighted by molar-refractivity contribution is -0.114. The molecule has 0 aromatic heterocycles. The van der Waals surface area contributed by atoms with Crippen LogP contribution in [0.25, 0.3) is 0 Å². The molecule has 1 aromatic rings. The predicted molar refractivity (Wildman–Crippen MR) is 101 cm³/mol. The molecular weight excluding hydrogens is 348 g/mol. The lowest BCUT2D eigenvalue weighted by atomic mass is 9.48. The number of anilines is 1. The van der Waals surface area contributed by atoms with Crippen LogP contribution >= 0.6 is 0 Å². The van der Waals surface area contributed by atoms with E-state index in [9.17, 15) is 13.2 Å². The van der Waals surface area contributed by atoms with Crippen LogP contribution in [-0.2, 0) is 14.8 Å². The number of benzene rings is 1. The van der Waals surface area contributed by atoms with Gasteiger partial charge in [0.2, 0.25) is 15.9 Å². The third kappa shape index (κ3) is 3.29. The molecule has 0 spiro atoms. The zero-order valence-electron chi connectivity index (χ0n) is 15.5. The maximum atomic E-state index is 12.9. The third-order valence-corrected chi connectivity index (χ3v) is 8.38. The molecule has 4 fully saturated rings. The van der Waals surface area contributed by atoms with Crippen LogP contribution < -0.4 is 10.0 Å². The van der Waals surface area contributed by atoms with Crippen molar-refractivity contribution in [3.05, 3.63) is 24.3 Å². The summed E-state index contributed by atoms with van der Waals surface area (Å²) in [6.07, 6.45) is 7.56. The maximum Gasteiger partial charge on any atom is 0.240 e. The molecule has 5 nitrogen and oxygen atoms in total. The van der Waals surface area contributed by atoms with Gasteiger partial charge in [-0.05, 0) is 92.9 Å². The molecule has 0 unspecified atom stereocenters. The maximum absolute atomic E-state index is 12.9. The van der Waals surface area contributed by atoms with Gasteiger partial charge in [0.05, 0.1) is 4.90 Å². The molecule has 4 saturated carbocycles. The van der Waals surface area contributed by atoms with Gasteiger partial charge in [0.1, 0.15) is 0 Å². The van der Waals surface area contributed by atoms with Crippen LogP contribution in [-0.4, -0.2) is 20.4 Å². The van der Waals surface area contributed by atoms with Gasteiger partial charge >= 0.3 is 0 Å². The van der Waals surface area contributed by atoms with Crippen molar-refractivity contribution in [2.75, 3.05) is 5.32 Å². The Kier molecular flexibility index (Phi) is 4.39. The molecule has 4 aliphatic rings. The van der Waals surface area contributed by atoms with Crippen LogP contribution in [0.5, 0.6) is 0 Å². The lowest BCUT2D eigenvalue weighted by Crippen LogP contribution is -2.55. The monoisotopic (exact) mass is 376 g/mol. The average molecular weight is 377 g/mol. The summed E-state index contributed by atoms with van der Waals surface area (Å²) in [5.74, 6) is 2.22. The van der Waals surface area contributed by atoms with Gasteiger partial charge in [-0.15, -0.1) is 0 Å². The van der Waals surface area contributed by atoms with Gasteiger partial charge < -0.3 is 5.32 Å². The molecule has 5 rings (SSSR count). The van der Waals surface area contributed by atoms with E-state index in [2.05, 4.69) is 17.0 Å². The second kappa shape index (κ2) is 6.34. The van der Waals surface area contributed by atoms with Crippen molar-refractivity contribution in [2.24, 2.45) is 23.2 Å². The Morgan fingerprint density at radius 1 is 1.04 bits per heavy atom. The van der Waals surface area contributed by atoms with Crippen molar-refractivity contribution in [1.82, 2.24) is 4.72 Å². The molecule has 6 heteroatoms. The largest absolute Gasteiger partial charge is 0.326 e. The van der Waals surface area contributed by atoms with Gasteiger partial charge in [0.25, 0.3) is 0 Å². The summed E-state index contributed by atoms with van der Waals surface area (Å²) in [5.41, 5.74) is 0.739. The summed E-state index contributed by atoms with van der Waals surface area (Å²) in [5, 5.41) is 2.66. The highest BCUT2D eigenvalue weighted by Gasteiger charge is 2.53. The topological polar surface area (TPSA) is 75.3 Å². The Morgan fingerprint density at radius 2 is 1.54 bits per heavy atom. The number of rotatable bonds is 5. The molecule has 142 valence electrons. The molecule has 4 bridgehead atoms. The summed E-state index contributed by atoms with van der Waals surface area (Å²) in [7, 11) is -3.56. The predicted octanol–water partition coefficient (Wildman–Crippen LogP) is 3.53. The normalized spacial score (nSPS) is 33.8. The molecule has 1 aromatic carbocycles. The number of sulfonamides is 1. The van der Waals surface area contributed by atoms with E-state index < -0.39 is 10.0 Å². The molecule has 1 atom stereocenters. The molecule has 0 heterocycles. The zero-order valence-corrected chi connectivity index (χ0v) is 16.3. The minimum absolute atomic E-state index is 0.0454. The SMILES string of the molecule is CC(=O)Nc1ccc(S(=O)(=O)N[C@@H](C)C23CC4CC(CC(C4)C2)C3)cc1. The summed E-state index contributed by atoms with van der Waals surface area (Å²) in [6.45, 7) is 3.48. The van der Waals surface area contributed by atoms with Crippen molar-refractivity contribution in [1.29, 1.82) is 0 Å². The molecule has 0 radical (unpaired) electrons. The highest BCUT2D eigenvalue weighted by atomic mass is 32.2. The Morgan fingerprint density at radius 3 is 2.00 bits per heavy atom. The van der Waals surface area contributed by atoms with Gasteiger partial charge in [-0.1, -0.05) is 0 Å². The Hall–Kier alpha value is -1.40. The third-order valence-electron chi connectivity index (χ3n) is 6.82. The van der Waals surface area contributed by atoms with Crippen LogP contribution in [0, 0.1) is 23.2 Å². The van der Waals surface area contributed by atoms with Crippen molar-refractivity contribution in [3.8, 4) is 0 Å². The van der Waals surface area contributed by atoms with E-state index in [-0.39, 0.29) is 22.3 Å². The van der Waals surface area contributed by atoms with Gasteiger partial charge in [-0.3, -0.25) is 4.79 Å². The van der Waals surface area contributed by atoms with E-state index >= 15 is 0 Å². The highest BCUT2D eigenvalue weighted by Crippen LogP contribution is 2.61. The van der Waals surface area contributed by atoms with Crippen LogP contribution in [0.1, 0.15) is 52.4 Å². The van der Waals surface area contributed by atoms with E-state index in [4.69, 9.17) is 0 Å². The van der Waals surface area contributed by atoms with E-state index in [1.54, 1.807) is 24.3 Å².